The highest BCUT2D eigenvalue weighted by molar-refractivity contribution is 5.41. The second-order valence-corrected chi connectivity index (χ2v) is 4.90. The Balaban J connectivity index is 2.04. The molecular formula is C15H21N5. The minimum atomic E-state index is 0.155. The van der Waals surface area contributed by atoms with E-state index in [1.807, 2.05) is 43.3 Å². The van der Waals surface area contributed by atoms with E-state index in [9.17, 15) is 0 Å². The maximum absolute atomic E-state index is 5.85. The second-order valence-electron chi connectivity index (χ2n) is 4.90. The van der Waals surface area contributed by atoms with Crippen molar-refractivity contribution in [3.8, 4) is 0 Å². The van der Waals surface area contributed by atoms with E-state index in [1.165, 1.54) is 5.56 Å². The van der Waals surface area contributed by atoms with Crippen molar-refractivity contribution < 1.29 is 0 Å². The largest absolute Gasteiger partial charge is 0.366 e. The average Bonchev–Trinajstić information content (AvgIpc) is 2.48. The van der Waals surface area contributed by atoms with Gasteiger partial charge in [0.15, 0.2) is 0 Å². The van der Waals surface area contributed by atoms with Crippen LogP contribution in [0.1, 0.15) is 5.56 Å². The number of hydrogen-bond acceptors (Lipinski definition) is 5. The molecule has 0 aliphatic heterocycles. The summed E-state index contributed by atoms with van der Waals surface area (Å²) in [5.74, 6) is 1.49. The second kappa shape index (κ2) is 6.86. The summed E-state index contributed by atoms with van der Waals surface area (Å²) in [6.07, 6.45) is 2.62. The molecule has 0 amide bonds. The van der Waals surface area contributed by atoms with Crippen LogP contribution in [0.2, 0.25) is 0 Å². The lowest BCUT2D eigenvalue weighted by Crippen LogP contribution is -2.31. The summed E-state index contributed by atoms with van der Waals surface area (Å²) in [6.45, 7) is 0.552. The third kappa shape index (κ3) is 3.93. The lowest BCUT2D eigenvalue weighted by molar-refractivity contribution is 0.719. The fourth-order valence-corrected chi connectivity index (χ4v) is 1.95. The van der Waals surface area contributed by atoms with Gasteiger partial charge in [-0.15, -0.1) is 0 Å². The zero-order valence-corrected chi connectivity index (χ0v) is 12.0. The first-order valence-corrected chi connectivity index (χ1v) is 6.70. The van der Waals surface area contributed by atoms with E-state index < -0.39 is 0 Å². The van der Waals surface area contributed by atoms with E-state index in [0.29, 0.717) is 12.5 Å². The molecule has 0 radical (unpaired) electrons. The summed E-state index contributed by atoms with van der Waals surface area (Å²) < 4.78 is 0. The maximum atomic E-state index is 5.85. The molecular weight excluding hydrogens is 250 g/mol. The highest BCUT2D eigenvalue weighted by Crippen LogP contribution is 2.11. The zero-order valence-electron chi connectivity index (χ0n) is 12.0. The van der Waals surface area contributed by atoms with Crippen molar-refractivity contribution in [1.29, 1.82) is 0 Å². The van der Waals surface area contributed by atoms with Gasteiger partial charge < -0.3 is 16.0 Å². The van der Waals surface area contributed by atoms with Gasteiger partial charge in [0.2, 0.25) is 5.95 Å². The molecule has 1 aromatic carbocycles. The van der Waals surface area contributed by atoms with Crippen LogP contribution in [0.15, 0.2) is 42.6 Å². The van der Waals surface area contributed by atoms with Crippen LogP contribution in [-0.4, -0.2) is 36.6 Å². The minimum Gasteiger partial charge on any atom is -0.366 e. The van der Waals surface area contributed by atoms with Gasteiger partial charge in [0, 0.05) is 32.9 Å². The Morgan fingerprint density at radius 1 is 1.20 bits per heavy atom. The van der Waals surface area contributed by atoms with E-state index in [0.717, 1.165) is 12.2 Å². The predicted octanol–water partition coefficient (Wildman–Crippen LogP) is 1.52. The first-order chi connectivity index (χ1) is 9.69. The minimum absolute atomic E-state index is 0.155. The number of benzene rings is 1. The standard InChI is InChI=1S/C15H21N5/c1-20(2)15-17-9-8-14(19-15)18-13(11-16)10-12-6-4-3-5-7-12/h3-9,13H,10-11,16H2,1-2H3,(H,17,18,19). The molecule has 3 N–H and O–H groups in total. The summed E-state index contributed by atoms with van der Waals surface area (Å²) in [5.41, 5.74) is 7.11. The van der Waals surface area contributed by atoms with Crippen molar-refractivity contribution in [3.05, 3.63) is 48.2 Å². The van der Waals surface area contributed by atoms with Crippen molar-refractivity contribution >= 4 is 11.8 Å². The fourth-order valence-electron chi connectivity index (χ4n) is 1.95. The van der Waals surface area contributed by atoms with Crippen LogP contribution in [0.4, 0.5) is 11.8 Å². The Kier molecular flexibility index (Phi) is 4.90. The highest BCUT2D eigenvalue weighted by atomic mass is 15.2. The van der Waals surface area contributed by atoms with E-state index in [1.54, 1.807) is 6.20 Å². The van der Waals surface area contributed by atoms with Crippen molar-refractivity contribution in [2.75, 3.05) is 30.9 Å². The van der Waals surface area contributed by atoms with Crippen LogP contribution in [0, 0.1) is 0 Å². The van der Waals surface area contributed by atoms with Gasteiger partial charge >= 0.3 is 0 Å². The monoisotopic (exact) mass is 271 g/mol. The summed E-state index contributed by atoms with van der Waals surface area (Å²) in [4.78, 5) is 10.5. The van der Waals surface area contributed by atoms with Crippen LogP contribution in [0.5, 0.6) is 0 Å². The Hall–Kier alpha value is -2.14. The zero-order chi connectivity index (χ0) is 14.4. The van der Waals surface area contributed by atoms with Gasteiger partial charge in [-0.05, 0) is 18.1 Å². The molecule has 20 heavy (non-hydrogen) atoms. The number of hydrogen-bond donors (Lipinski definition) is 2. The van der Waals surface area contributed by atoms with E-state index in [4.69, 9.17) is 5.73 Å². The van der Waals surface area contributed by atoms with Crippen LogP contribution in [-0.2, 0) is 6.42 Å². The molecule has 5 heteroatoms. The third-order valence-electron chi connectivity index (χ3n) is 3.00. The molecule has 0 aliphatic carbocycles. The van der Waals surface area contributed by atoms with E-state index >= 15 is 0 Å². The normalized spacial score (nSPS) is 11.9. The van der Waals surface area contributed by atoms with Crippen molar-refractivity contribution in [1.82, 2.24) is 9.97 Å². The van der Waals surface area contributed by atoms with Crippen LogP contribution in [0.3, 0.4) is 0 Å². The van der Waals surface area contributed by atoms with Gasteiger partial charge in [-0.1, -0.05) is 30.3 Å². The van der Waals surface area contributed by atoms with Crippen molar-refractivity contribution in [3.63, 3.8) is 0 Å². The fraction of sp³-hybridized carbons (Fsp3) is 0.333. The Morgan fingerprint density at radius 2 is 1.95 bits per heavy atom. The number of rotatable bonds is 6. The Morgan fingerprint density at radius 3 is 2.60 bits per heavy atom. The topological polar surface area (TPSA) is 67.1 Å². The van der Waals surface area contributed by atoms with Crippen LogP contribution >= 0.6 is 0 Å². The Bertz CT molecular complexity index is 527. The van der Waals surface area contributed by atoms with Gasteiger partial charge in [-0.3, -0.25) is 0 Å². The molecule has 1 aromatic heterocycles. The molecule has 0 saturated heterocycles. The third-order valence-corrected chi connectivity index (χ3v) is 3.00. The molecule has 0 spiro atoms. The molecule has 1 unspecified atom stereocenters. The van der Waals surface area contributed by atoms with Gasteiger partial charge in [-0.25, -0.2) is 4.98 Å². The summed E-state index contributed by atoms with van der Waals surface area (Å²) in [5, 5.41) is 3.37. The van der Waals surface area contributed by atoms with Crippen LogP contribution in [0.25, 0.3) is 0 Å². The van der Waals surface area contributed by atoms with E-state index in [2.05, 4.69) is 27.4 Å². The molecule has 0 aliphatic rings. The summed E-state index contributed by atoms with van der Waals surface area (Å²) in [7, 11) is 3.84. The van der Waals surface area contributed by atoms with Crippen molar-refractivity contribution in [2.45, 2.75) is 12.5 Å². The first-order valence-electron chi connectivity index (χ1n) is 6.70. The number of nitrogens with one attached hydrogen (secondary N) is 1. The molecule has 1 heterocycles. The van der Waals surface area contributed by atoms with Crippen molar-refractivity contribution in [2.24, 2.45) is 5.73 Å². The molecule has 5 nitrogen and oxygen atoms in total. The first kappa shape index (κ1) is 14.3. The van der Waals surface area contributed by atoms with Gasteiger partial charge in [-0.2, -0.15) is 4.98 Å². The van der Waals surface area contributed by atoms with Gasteiger partial charge in [0.25, 0.3) is 0 Å². The Labute approximate surface area is 119 Å². The van der Waals surface area contributed by atoms with E-state index in [-0.39, 0.29) is 6.04 Å². The summed E-state index contributed by atoms with van der Waals surface area (Å²) in [6, 6.07) is 12.3. The molecule has 2 aromatic rings. The highest BCUT2D eigenvalue weighted by Gasteiger charge is 2.09. The molecule has 0 fully saturated rings. The number of anilines is 2. The predicted molar refractivity (Wildman–Crippen MR) is 83.0 cm³/mol. The average molecular weight is 271 g/mol. The number of nitrogens with zero attached hydrogens (tertiary/aromatic N) is 3. The maximum Gasteiger partial charge on any atom is 0.226 e. The number of nitrogens with two attached hydrogens (primary N) is 1. The quantitative estimate of drug-likeness (QED) is 0.834. The summed E-state index contributed by atoms with van der Waals surface area (Å²) >= 11 is 0. The smallest absolute Gasteiger partial charge is 0.226 e. The molecule has 0 saturated carbocycles. The SMILES string of the molecule is CN(C)c1nccc(NC(CN)Cc2ccccc2)n1. The lowest BCUT2D eigenvalue weighted by atomic mass is 10.1. The molecule has 2 rings (SSSR count). The molecule has 0 bridgehead atoms. The molecule has 1 atom stereocenters. The van der Waals surface area contributed by atoms with Gasteiger partial charge in [0.1, 0.15) is 5.82 Å². The molecule has 106 valence electrons. The van der Waals surface area contributed by atoms with Gasteiger partial charge in [0.05, 0.1) is 0 Å². The lowest BCUT2D eigenvalue weighted by Gasteiger charge is -2.18. The number of aromatic nitrogens is 2. The van der Waals surface area contributed by atoms with Crippen LogP contribution < -0.4 is 16.0 Å².